The van der Waals surface area contributed by atoms with E-state index in [0.717, 1.165) is 31.4 Å². The number of hydrogen-bond acceptors (Lipinski definition) is 2. The Kier molecular flexibility index (Phi) is 4.01. The number of nitrogens with zero attached hydrogens (tertiary/aromatic N) is 1. The number of thiophene rings is 1. The van der Waals surface area contributed by atoms with Crippen molar-refractivity contribution >= 4 is 42.3 Å². The Morgan fingerprint density at radius 3 is 2.48 bits per heavy atom. The normalized spacial score (nSPS) is 12.3. The zero-order valence-electron chi connectivity index (χ0n) is 17.0. The van der Waals surface area contributed by atoms with Crippen LogP contribution >= 0.6 is 11.3 Å². The molecule has 144 valence electrons. The van der Waals surface area contributed by atoms with Gasteiger partial charge in [0, 0.05) is 27.2 Å². The molecule has 1 nitrogen and oxygen atoms in total. The van der Waals surface area contributed by atoms with Crippen molar-refractivity contribution in [3.63, 3.8) is 0 Å². The number of pyridine rings is 1. The van der Waals surface area contributed by atoms with Crippen LogP contribution < -0.4 is 0 Å². The predicted octanol–water partition coefficient (Wildman–Crippen LogP) is 8.01. The molecule has 0 unspecified atom stereocenters. The van der Waals surface area contributed by atoms with Crippen LogP contribution in [0.5, 0.6) is 0 Å². The lowest BCUT2D eigenvalue weighted by Crippen LogP contribution is -2.12. The monoisotopic (exact) mass is 399 g/mol. The molecule has 29 heavy (non-hydrogen) atoms. The average molecular weight is 400 g/mol. The second kappa shape index (κ2) is 6.36. The van der Waals surface area contributed by atoms with Crippen molar-refractivity contribution in [1.29, 1.82) is 0 Å². The standard InChI is InChI=1S/C26H22FNS/c1-15-11-20-19-9-10-28-24(25(19)29-23(20)14-22(15)27)17-12-16-7-5-6-8-18(16)21(13-17)26(2,3)4/h5-14H,1-4H3. The highest BCUT2D eigenvalue weighted by Gasteiger charge is 2.20. The van der Waals surface area contributed by atoms with Gasteiger partial charge in [0.2, 0.25) is 0 Å². The number of benzene rings is 3. The number of halogens is 1. The Morgan fingerprint density at radius 2 is 1.69 bits per heavy atom. The molecule has 3 aromatic carbocycles. The Balaban J connectivity index is 1.85. The van der Waals surface area contributed by atoms with Crippen molar-refractivity contribution in [3.05, 3.63) is 77.7 Å². The molecular formula is C26H22FNS. The number of aryl methyl sites for hydroxylation is 1. The molecular weight excluding hydrogens is 377 g/mol. The van der Waals surface area contributed by atoms with E-state index in [2.05, 4.69) is 57.2 Å². The Labute approximate surface area is 173 Å². The Bertz CT molecular complexity index is 1410. The van der Waals surface area contributed by atoms with E-state index in [1.54, 1.807) is 17.4 Å². The maximum Gasteiger partial charge on any atom is 0.127 e. The van der Waals surface area contributed by atoms with Crippen molar-refractivity contribution in [1.82, 2.24) is 4.98 Å². The molecule has 0 fully saturated rings. The first-order chi connectivity index (χ1) is 13.8. The van der Waals surface area contributed by atoms with E-state index in [9.17, 15) is 4.39 Å². The van der Waals surface area contributed by atoms with Gasteiger partial charge >= 0.3 is 0 Å². The largest absolute Gasteiger partial charge is 0.255 e. The molecule has 0 spiro atoms. The van der Waals surface area contributed by atoms with Crippen LogP contribution in [0.3, 0.4) is 0 Å². The highest BCUT2D eigenvalue weighted by Crippen LogP contribution is 2.41. The first-order valence-corrected chi connectivity index (χ1v) is 10.7. The molecule has 0 bridgehead atoms. The number of rotatable bonds is 1. The number of fused-ring (bicyclic) bond motifs is 4. The van der Waals surface area contributed by atoms with Crippen molar-refractivity contribution in [2.75, 3.05) is 0 Å². The minimum Gasteiger partial charge on any atom is -0.255 e. The van der Waals surface area contributed by atoms with Gasteiger partial charge in [-0.15, -0.1) is 11.3 Å². The predicted molar refractivity (Wildman–Crippen MR) is 123 cm³/mol. The van der Waals surface area contributed by atoms with Crippen LogP contribution in [0.4, 0.5) is 4.39 Å². The molecule has 0 aliphatic heterocycles. The summed E-state index contributed by atoms with van der Waals surface area (Å²) in [6.07, 6.45) is 1.87. The number of aromatic nitrogens is 1. The summed E-state index contributed by atoms with van der Waals surface area (Å²) in [5.41, 5.74) is 4.09. The number of hydrogen-bond donors (Lipinski definition) is 0. The highest BCUT2D eigenvalue weighted by molar-refractivity contribution is 7.26. The third-order valence-corrected chi connectivity index (χ3v) is 6.79. The molecule has 0 aliphatic rings. The zero-order chi connectivity index (χ0) is 20.3. The van der Waals surface area contributed by atoms with E-state index in [1.165, 1.54) is 16.3 Å². The summed E-state index contributed by atoms with van der Waals surface area (Å²) >= 11 is 1.62. The molecule has 2 aromatic heterocycles. The second-order valence-corrected chi connectivity index (χ2v) is 9.78. The van der Waals surface area contributed by atoms with Gasteiger partial charge in [-0.2, -0.15) is 0 Å². The van der Waals surface area contributed by atoms with E-state index in [1.807, 2.05) is 25.3 Å². The fraction of sp³-hybridized carbons (Fsp3) is 0.192. The van der Waals surface area contributed by atoms with Gasteiger partial charge in [0.1, 0.15) is 5.82 Å². The van der Waals surface area contributed by atoms with Crippen LogP contribution in [0, 0.1) is 12.7 Å². The molecule has 0 N–H and O–H groups in total. The first kappa shape index (κ1) is 18.3. The first-order valence-electron chi connectivity index (χ1n) is 9.84. The lowest BCUT2D eigenvalue weighted by atomic mass is 9.82. The van der Waals surface area contributed by atoms with E-state index in [-0.39, 0.29) is 11.2 Å². The third-order valence-electron chi connectivity index (χ3n) is 5.61. The smallest absolute Gasteiger partial charge is 0.127 e. The van der Waals surface area contributed by atoms with Crippen LogP contribution in [-0.2, 0) is 5.41 Å². The fourth-order valence-corrected chi connectivity index (χ4v) is 5.32. The highest BCUT2D eigenvalue weighted by atomic mass is 32.1. The van der Waals surface area contributed by atoms with Gasteiger partial charge < -0.3 is 0 Å². The minimum atomic E-state index is -0.153. The molecule has 0 amide bonds. The minimum absolute atomic E-state index is 0.0178. The zero-order valence-corrected chi connectivity index (χ0v) is 17.8. The summed E-state index contributed by atoms with van der Waals surface area (Å²) in [7, 11) is 0. The molecule has 5 rings (SSSR count). The Hall–Kier alpha value is -2.78. The summed E-state index contributed by atoms with van der Waals surface area (Å²) in [5.74, 6) is -0.153. The van der Waals surface area contributed by atoms with Gasteiger partial charge in [-0.1, -0.05) is 45.0 Å². The van der Waals surface area contributed by atoms with E-state index in [4.69, 9.17) is 4.98 Å². The van der Waals surface area contributed by atoms with Gasteiger partial charge in [0.25, 0.3) is 0 Å². The van der Waals surface area contributed by atoms with Crippen LogP contribution in [0.25, 0.3) is 42.2 Å². The topological polar surface area (TPSA) is 12.9 Å². The summed E-state index contributed by atoms with van der Waals surface area (Å²) in [6.45, 7) is 8.56. The summed E-state index contributed by atoms with van der Waals surface area (Å²) < 4.78 is 16.2. The van der Waals surface area contributed by atoms with Gasteiger partial charge in [-0.25, -0.2) is 4.39 Å². The van der Waals surface area contributed by atoms with Crippen molar-refractivity contribution in [3.8, 4) is 11.3 Å². The Morgan fingerprint density at radius 1 is 0.897 bits per heavy atom. The molecule has 3 heteroatoms. The molecule has 0 aliphatic carbocycles. The maximum atomic E-state index is 14.2. The molecule has 0 radical (unpaired) electrons. The van der Waals surface area contributed by atoms with Gasteiger partial charge in [-0.3, -0.25) is 4.98 Å². The van der Waals surface area contributed by atoms with Crippen LogP contribution in [0.2, 0.25) is 0 Å². The van der Waals surface area contributed by atoms with E-state index < -0.39 is 0 Å². The van der Waals surface area contributed by atoms with Gasteiger partial charge in [0.05, 0.1) is 10.4 Å². The fourth-order valence-electron chi connectivity index (χ4n) is 4.11. The van der Waals surface area contributed by atoms with Crippen molar-refractivity contribution < 1.29 is 4.39 Å². The summed E-state index contributed by atoms with van der Waals surface area (Å²) in [5, 5.41) is 4.75. The van der Waals surface area contributed by atoms with Crippen LogP contribution in [0.1, 0.15) is 31.9 Å². The SMILES string of the molecule is Cc1cc2c(cc1F)sc1c(-c3cc(C(C)(C)C)c4ccccc4c3)nccc12. The van der Waals surface area contributed by atoms with Crippen LogP contribution in [-0.4, -0.2) is 4.98 Å². The third kappa shape index (κ3) is 2.92. The van der Waals surface area contributed by atoms with Crippen LogP contribution in [0.15, 0.2) is 60.8 Å². The molecule has 0 saturated heterocycles. The van der Waals surface area contributed by atoms with E-state index in [0.29, 0.717) is 5.56 Å². The van der Waals surface area contributed by atoms with Gasteiger partial charge in [-0.05, 0) is 64.6 Å². The molecule has 2 heterocycles. The molecule has 0 atom stereocenters. The summed E-state index contributed by atoms with van der Waals surface area (Å²) in [6, 6.07) is 18.7. The molecule has 5 aromatic rings. The van der Waals surface area contributed by atoms with Crippen molar-refractivity contribution in [2.45, 2.75) is 33.1 Å². The average Bonchev–Trinajstić information content (AvgIpc) is 3.04. The quantitative estimate of drug-likeness (QED) is 0.278. The summed E-state index contributed by atoms with van der Waals surface area (Å²) in [4.78, 5) is 4.76. The van der Waals surface area contributed by atoms with Crippen molar-refractivity contribution in [2.24, 2.45) is 0 Å². The molecule has 0 saturated carbocycles. The van der Waals surface area contributed by atoms with Gasteiger partial charge in [0.15, 0.2) is 0 Å². The maximum absolute atomic E-state index is 14.2. The lowest BCUT2D eigenvalue weighted by Gasteiger charge is -2.22. The second-order valence-electron chi connectivity index (χ2n) is 8.73. The van der Waals surface area contributed by atoms with E-state index >= 15 is 0 Å². The lowest BCUT2D eigenvalue weighted by molar-refractivity contribution is 0.596.